The molecule has 1 aliphatic rings. The summed E-state index contributed by atoms with van der Waals surface area (Å²) in [6.07, 6.45) is 5.40. The fraction of sp³-hybridized carbons (Fsp3) is 0.769. The van der Waals surface area contributed by atoms with Gasteiger partial charge in [0.1, 0.15) is 5.76 Å². The van der Waals surface area contributed by atoms with E-state index in [2.05, 4.69) is 15.4 Å². The van der Waals surface area contributed by atoms with Gasteiger partial charge in [-0.15, -0.1) is 0 Å². The Hall–Kier alpha value is -0.870. The molecule has 1 aromatic heterocycles. The summed E-state index contributed by atoms with van der Waals surface area (Å²) in [6, 6.07) is 1.98. The number of aryl methyl sites for hydroxylation is 1. The van der Waals surface area contributed by atoms with Crippen molar-refractivity contribution in [1.29, 1.82) is 0 Å². The third-order valence-electron chi connectivity index (χ3n) is 3.26. The van der Waals surface area contributed by atoms with Crippen molar-refractivity contribution >= 4 is 0 Å². The highest BCUT2D eigenvalue weighted by Crippen LogP contribution is 2.08. The zero-order valence-electron chi connectivity index (χ0n) is 10.7. The average molecular weight is 237 g/mol. The van der Waals surface area contributed by atoms with Gasteiger partial charge in [-0.25, -0.2) is 0 Å². The molecule has 1 saturated heterocycles. The minimum Gasteiger partial charge on any atom is -0.361 e. The maximum atomic E-state index is 5.02. The summed E-state index contributed by atoms with van der Waals surface area (Å²) in [6.45, 7) is 7.61. The zero-order chi connectivity index (χ0) is 11.9. The minimum atomic E-state index is 0.817. The molecular formula is C13H23N3O. The molecule has 4 heteroatoms. The second-order valence-electron chi connectivity index (χ2n) is 4.86. The van der Waals surface area contributed by atoms with Crippen LogP contribution >= 0.6 is 0 Å². The van der Waals surface area contributed by atoms with Gasteiger partial charge in [-0.1, -0.05) is 11.6 Å². The lowest BCUT2D eigenvalue weighted by Crippen LogP contribution is -2.32. The van der Waals surface area contributed by atoms with E-state index in [4.69, 9.17) is 4.52 Å². The molecule has 96 valence electrons. The molecule has 0 spiro atoms. The summed E-state index contributed by atoms with van der Waals surface area (Å²) in [5.74, 6) is 0.884. The first-order valence-corrected chi connectivity index (χ1v) is 6.70. The highest BCUT2D eigenvalue weighted by Gasteiger charge is 2.08. The molecule has 1 aromatic rings. The van der Waals surface area contributed by atoms with Crippen molar-refractivity contribution < 1.29 is 4.52 Å². The molecule has 0 atom stereocenters. The fourth-order valence-corrected chi connectivity index (χ4v) is 2.33. The Labute approximate surface area is 103 Å². The number of nitrogens with one attached hydrogen (secondary N) is 1. The molecule has 0 radical (unpaired) electrons. The third-order valence-corrected chi connectivity index (χ3v) is 3.26. The highest BCUT2D eigenvalue weighted by molar-refractivity contribution is 5.02. The van der Waals surface area contributed by atoms with E-state index in [1.54, 1.807) is 0 Å². The van der Waals surface area contributed by atoms with Crippen LogP contribution in [-0.4, -0.2) is 36.2 Å². The topological polar surface area (TPSA) is 41.3 Å². The predicted octanol–water partition coefficient (Wildman–Crippen LogP) is 1.95. The molecule has 0 bridgehead atoms. The van der Waals surface area contributed by atoms with Gasteiger partial charge in [0.2, 0.25) is 0 Å². The molecule has 2 rings (SSSR count). The number of hydrogen-bond donors (Lipinski definition) is 1. The Kier molecular flexibility index (Phi) is 5.01. The molecule has 2 heterocycles. The quantitative estimate of drug-likeness (QED) is 0.768. The Morgan fingerprint density at radius 2 is 2.18 bits per heavy atom. The lowest BCUT2D eigenvalue weighted by Gasteiger charge is -2.26. The molecule has 0 aromatic carbocycles. The maximum Gasteiger partial charge on any atom is 0.133 e. The second-order valence-corrected chi connectivity index (χ2v) is 4.86. The molecule has 1 N–H and O–H groups in total. The van der Waals surface area contributed by atoms with E-state index in [0.717, 1.165) is 24.5 Å². The number of nitrogens with zero attached hydrogens (tertiary/aromatic N) is 2. The van der Waals surface area contributed by atoms with E-state index in [1.807, 2.05) is 13.0 Å². The largest absolute Gasteiger partial charge is 0.361 e. The van der Waals surface area contributed by atoms with Crippen LogP contribution in [0, 0.1) is 6.92 Å². The van der Waals surface area contributed by atoms with Crippen LogP contribution in [0.5, 0.6) is 0 Å². The standard InChI is InChI=1S/C13H23N3O/c1-12-10-13(15-17-12)11-14-6-5-9-16-7-3-2-4-8-16/h10,14H,2-9,11H2,1H3. The van der Waals surface area contributed by atoms with Gasteiger partial charge >= 0.3 is 0 Å². The van der Waals surface area contributed by atoms with E-state index in [9.17, 15) is 0 Å². The molecule has 1 aliphatic heterocycles. The van der Waals surface area contributed by atoms with Gasteiger partial charge in [-0.2, -0.15) is 0 Å². The highest BCUT2D eigenvalue weighted by atomic mass is 16.5. The van der Waals surface area contributed by atoms with Crippen LogP contribution in [0.2, 0.25) is 0 Å². The van der Waals surface area contributed by atoms with Crippen molar-refractivity contribution in [2.45, 2.75) is 39.2 Å². The summed E-state index contributed by atoms with van der Waals surface area (Å²) in [4.78, 5) is 2.57. The van der Waals surface area contributed by atoms with Crippen LogP contribution < -0.4 is 5.32 Å². The Morgan fingerprint density at radius 3 is 2.88 bits per heavy atom. The summed E-state index contributed by atoms with van der Waals surface area (Å²) in [5.41, 5.74) is 1.00. The Balaban J connectivity index is 1.51. The van der Waals surface area contributed by atoms with Crippen molar-refractivity contribution in [3.05, 3.63) is 17.5 Å². The number of aromatic nitrogens is 1. The van der Waals surface area contributed by atoms with Gasteiger partial charge in [0.15, 0.2) is 0 Å². The number of piperidine rings is 1. The third kappa shape index (κ3) is 4.48. The molecule has 0 aliphatic carbocycles. The maximum absolute atomic E-state index is 5.02. The fourth-order valence-electron chi connectivity index (χ4n) is 2.33. The van der Waals surface area contributed by atoms with Gasteiger partial charge < -0.3 is 14.7 Å². The molecule has 0 saturated carbocycles. The van der Waals surface area contributed by atoms with Crippen LogP contribution in [0.4, 0.5) is 0 Å². The van der Waals surface area contributed by atoms with Crippen LogP contribution in [0.3, 0.4) is 0 Å². The molecular weight excluding hydrogens is 214 g/mol. The molecule has 1 fully saturated rings. The molecule has 0 unspecified atom stereocenters. The molecule has 17 heavy (non-hydrogen) atoms. The van der Waals surface area contributed by atoms with Crippen LogP contribution in [-0.2, 0) is 6.54 Å². The zero-order valence-corrected chi connectivity index (χ0v) is 10.7. The van der Waals surface area contributed by atoms with Crippen molar-refractivity contribution in [2.24, 2.45) is 0 Å². The van der Waals surface area contributed by atoms with E-state index in [-0.39, 0.29) is 0 Å². The lowest BCUT2D eigenvalue weighted by molar-refractivity contribution is 0.225. The van der Waals surface area contributed by atoms with Gasteiger partial charge in [0, 0.05) is 12.6 Å². The van der Waals surface area contributed by atoms with Gasteiger partial charge in [-0.3, -0.25) is 0 Å². The van der Waals surface area contributed by atoms with Crippen molar-refractivity contribution in [3.63, 3.8) is 0 Å². The van der Waals surface area contributed by atoms with E-state index >= 15 is 0 Å². The number of hydrogen-bond acceptors (Lipinski definition) is 4. The van der Waals surface area contributed by atoms with E-state index in [1.165, 1.54) is 45.3 Å². The summed E-state index contributed by atoms with van der Waals surface area (Å²) < 4.78 is 5.02. The number of likely N-dealkylation sites (tertiary alicyclic amines) is 1. The average Bonchev–Trinajstić information content (AvgIpc) is 2.76. The van der Waals surface area contributed by atoms with Crippen molar-refractivity contribution in [1.82, 2.24) is 15.4 Å². The van der Waals surface area contributed by atoms with Gasteiger partial charge in [0.05, 0.1) is 5.69 Å². The van der Waals surface area contributed by atoms with Crippen LogP contribution in [0.15, 0.2) is 10.6 Å². The van der Waals surface area contributed by atoms with E-state index < -0.39 is 0 Å². The lowest BCUT2D eigenvalue weighted by atomic mass is 10.1. The predicted molar refractivity (Wildman–Crippen MR) is 67.9 cm³/mol. The normalized spacial score (nSPS) is 17.5. The number of rotatable bonds is 6. The first kappa shape index (κ1) is 12.6. The first-order chi connectivity index (χ1) is 8.34. The molecule has 4 nitrogen and oxygen atoms in total. The van der Waals surface area contributed by atoms with Crippen LogP contribution in [0.25, 0.3) is 0 Å². The second kappa shape index (κ2) is 6.77. The van der Waals surface area contributed by atoms with Gasteiger partial charge in [-0.05, 0) is 52.4 Å². The van der Waals surface area contributed by atoms with Crippen LogP contribution in [0.1, 0.15) is 37.1 Å². The summed E-state index contributed by atoms with van der Waals surface area (Å²) >= 11 is 0. The Morgan fingerprint density at radius 1 is 1.35 bits per heavy atom. The Bertz CT molecular complexity index is 318. The van der Waals surface area contributed by atoms with Crippen molar-refractivity contribution in [3.8, 4) is 0 Å². The minimum absolute atomic E-state index is 0.817. The molecule has 0 amide bonds. The summed E-state index contributed by atoms with van der Waals surface area (Å²) in [5, 5.41) is 7.36. The summed E-state index contributed by atoms with van der Waals surface area (Å²) in [7, 11) is 0. The van der Waals surface area contributed by atoms with Crippen molar-refractivity contribution in [2.75, 3.05) is 26.2 Å². The monoisotopic (exact) mass is 237 g/mol. The smallest absolute Gasteiger partial charge is 0.133 e. The van der Waals surface area contributed by atoms with Gasteiger partial charge in [0.25, 0.3) is 0 Å². The van der Waals surface area contributed by atoms with E-state index in [0.29, 0.717) is 0 Å². The SMILES string of the molecule is Cc1cc(CNCCCN2CCCCC2)no1. The first-order valence-electron chi connectivity index (χ1n) is 6.70.